The Balaban J connectivity index is 1.57. The zero-order valence-electron chi connectivity index (χ0n) is 17.0. The second-order valence-electron chi connectivity index (χ2n) is 7.04. The third kappa shape index (κ3) is 5.16. The van der Waals surface area contributed by atoms with Crippen LogP contribution in [0.25, 0.3) is 0 Å². The fourth-order valence-electron chi connectivity index (χ4n) is 3.18. The number of carbonyl (C=O) groups is 3. The third-order valence-electron chi connectivity index (χ3n) is 4.82. The van der Waals surface area contributed by atoms with Crippen LogP contribution in [0.5, 0.6) is 5.75 Å². The average molecular weight is 427 g/mol. The highest BCUT2D eigenvalue weighted by atomic mass is 16.6. The van der Waals surface area contributed by atoms with Gasteiger partial charge >= 0.3 is 5.97 Å². The lowest BCUT2D eigenvalue weighted by Gasteiger charge is -2.16. The number of rotatable bonds is 7. The molecule has 1 fully saturated rings. The van der Waals surface area contributed by atoms with Gasteiger partial charge in [0, 0.05) is 30.8 Å². The van der Waals surface area contributed by atoms with Gasteiger partial charge in [0.2, 0.25) is 5.91 Å². The summed E-state index contributed by atoms with van der Waals surface area (Å²) in [4.78, 5) is 48.8. The second-order valence-corrected chi connectivity index (χ2v) is 7.04. The first kappa shape index (κ1) is 21.8. The molecule has 2 aromatic carbocycles. The molecule has 1 aliphatic rings. The Morgan fingerprint density at radius 3 is 2.58 bits per heavy atom. The highest BCUT2D eigenvalue weighted by Crippen LogP contribution is 2.29. The van der Waals surface area contributed by atoms with Gasteiger partial charge in [-0.05, 0) is 25.1 Å². The van der Waals surface area contributed by atoms with Crippen molar-refractivity contribution in [3.63, 3.8) is 0 Å². The molecule has 0 aliphatic carbocycles. The molecule has 2 aromatic rings. The van der Waals surface area contributed by atoms with Gasteiger partial charge in [-0.2, -0.15) is 0 Å². The molecular weight excluding hydrogens is 406 g/mol. The van der Waals surface area contributed by atoms with E-state index in [1.807, 2.05) is 19.1 Å². The Morgan fingerprint density at radius 1 is 1.23 bits per heavy atom. The predicted molar refractivity (Wildman–Crippen MR) is 111 cm³/mol. The number of amides is 2. The summed E-state index contributed by atoms with van der Waals surface area (Å²) in [5, 5.41) is 13.5. The minimum absolute atomic E-state index is 0.0182. The van der Waals surface area contributed by atoms with Gasteiger partial charge in [-0.25, -0.2) is 0 Å². The van der Waals surface area contributed by atoms with E-state index in [4.69, 9.17) is 9.47 Å². The molecule has 0 unspecified atom stereocenters. The van der Waals surface area contributed by atoms with Crippen molar-refractivity contribution in [2.75, 3.05) is 30.5 Å². The first-order valence-electron chi connectivity index (χ1n) is 9.44. The smallest absolute Gasteiger partial charge is 0.311 e. The molecule has 0 aromatic heterocycles. The minimum atomic E-state index is -0.746. The number of hydrogen-bond donors (Lipinski definition) is 1. The van der Waals surface area contributed by atoms with Crippen LogP contribution in [0.1, 0.15) is 12.0 Å². The number of nitrogens with one attached hydrogen (secondary N) is 1. The summed E-state index contributed by atoms with van der Waals surface area (Å²) in [6.07, 6.45) is -0.0182. The molecule has 2 amide bonds. The summed E-state index contributed by atoms with van der Waals surface area (Å²) >= 11 is 0. The lowest BCUT2D eigenvalue weighted by atomic mass is 10.1. The van der Waals surface area contributed by atoms with Crippen LogP contribution in [-0.2, 0) is 19.1 Å². The molecule has 3 rings (SSSR count). The Hall–Kier alpha value is -3.95. The molecule has 1 atom stereocenters. The lowest BCUT2D eigenvalue weighted by molar-refractivity contribution is -0.383. The van der Waals surface area contributed by atoms with Gasteiger partial charge in [0.25, 0.3) is 11.6 Å². The van der Waals surface area contributed by atoms with E-state index in [2.05, 4.69) is 5.32 Å². The van der Waals surface area contributed by atoms with Crippen molar-refractivity contribution in [2.45, 2.75) is 13.3 Å². The van der Waals surface area contributed by atoms with E-state index < -0.39 is 29.3 Å². The van der Waals surface area contributed by atoms with Crippen LogP contribution in [0.4, 0.5) is 17.1 Å². The van der Waals surface area contributed by atoms with Crippen LogP contribution in [0, 0.1) is 23.0 Å². The molecule has 0 saturated carbocycles. The van der Waals surface area contributed by atoms with E-state index in [1.165, 1.54) is 30.2 Å². The summed E-state index contributed by atoms with van der Waals surface area (Å²) < 4.78 is 10.0. The first-order valence-corrected chi connectivity index (χ1v) is 9.44. The number of esters is 1. The van der Waals surface area contributed by atoms with E-state index in [0.29, 0.717) is 11.4 Å². The molecule has 10 nitrogen and oxygen atoms in total. The number of benzene rings is 2. The molecule has 31 heavy (non-hydrogen) atoms. The van der Waals surface area contributed by atoms with E-state index >= 15 is 0 Å². The Kier molecular flexibility index (Phi) is 6.49. The molecule has 10 heteroatoms. The number of anilines is 2. The second kappa shape index (κ2) is 9.24. The maximum absolute atomic E-state index is 12.3. The number of hydrogen-bond acceptors (Lipinski definition) is 7. The highest BCUT2D eigenvalue weighted by Gasteiger charge is 2.36. The van der Waals surface area contributed by atoms with Gasteiger partial charge in [-0.3, -0.25) is 24.5 Å². The van der Waals surface area contributed by atoms with Gasteiger partial charge in [-0.15, -0.1) is 0 Å². The number of ether oxygens (including phenoxy) is 2. The summed E-state index contributed by atoms with van der Waals surface area (Å²) in [6, 6.07) is 11.2. The molecule has 0 bridgehead atoms. The van der Waals surface area contributed by atoms with Crippen LogP contribution in [0.2, 0.25) is 0 Å². The molecule has 0 spiro atoms. The number of methoxy groups -OCH3 is 1. The number of aryl methyl sites for hydroxylation is 1. The fraction of sp³-hybridized carbons (Fsp3) is 0.286. The van der Waals surface area contributed by atoms with Crippen LogP contribution < -0.4 is 15.0 Å². The molecule has 0 radical (unpaired) electrons. The normalized spacial score (nSPS) is 15.5. The minimum Gasteiger partial charge on any atom is -0.497 e. The van der Waals surface area contributed by atoms with Crippen molar-refractivity contribution >= 4 is 34.8 Å². The van der Waals surface area contributed by atoms with Crippen molar-refractivity contribution in [1.82, 2.24) is 0 Å². The third-order valence-corrected chi connectivity index (χ3v) is 4.82. The summed E-state index contributed by atoms with van der Waals surface area (Å²) in [5.74, 6) is -2.02. The zero-order chi connectivity index (χ0) is 22.5. The maximum Gasteiger partial charge on any atom is 0.311 e. The van der Waals surface area contributed by atoms with Crippen molar-refractivity contribution < 1.29 is 28.8 Å². The monoisotopic (exact) mass is 427 g/mol. The first-order chi connectivity index (χ1) is 14.8. The molecule has 1 aliphatic heterocycles. The highest BCUT2D eigenvalue weighted by molar-refractivity contribution is 6.00. The van der Waals surface area contributed by atoms with Gasteiger partial charge in [-0.1, -0.05) is 17.7 Å². The van der Waals surface area contributed by atoms with Crippen molar-refractivity contribution in [3.8, 4) is 5.75 Å². The van der Waals surface area contributed by atoms with Gasteiger partial charge < -0.3 is 19.7 Å². The van der Waals surface area contributed by atoms with E-state index in [-0.39, 0.29) is 30.2 Å². The Labute approximate surface area is 177 Å². The van der Waals surface area contributed by atoms with Crippen LogP contribution >= 0.6 is 0 Å². The van der Waals surface area contributed by atoms with Crippen molar-refractivity contribution in [2.24, 2.45) is 5.92 Å². The van der Waals surface area contributed by atoms with Crippen molar-refractivity contribution in [3.05, 3.63) is 58.1 Å². The van der Waals surface area contributed by atoms with E-state index in [9.17, 15) is 24.5 Å². The largest absolute Gasteiger partial charge is 0.497 e. The topological polar surface area (TPSA) is 128 Å². The lowest BCUT2D eigenvalue weighted by Crippen LogP contribution is -2.28. The molecular formula is C21H21N3O7. The molecule has 1 saturated heterocycles. The number of carbonyl (C=O) groups excluding carboxylic acids is 3. The predicted octanol–water partition coefficient (Wildman–Crippen LogP) is 2.45. The van der Waals surface area contributed by atoms with E-state index in [0.717, 1.165) is 5.56 Å². The molecule has 162 valence electrons. The number of nitrogens with zero attached hydrogens (tertiary/aromatic N) is 2. The van der Waals surface area contributed by atoms with Crippen LogP contribution in [0.15, 0.2) is 42.5 Å². The average Bonchev–Trinajstić information content (AvgIpc) is 3.14. The Bertz CT molecular complexity index is 1020. The van der Waals surface area contributed by atoms with Gasteiger partial charge in [0.1, 0.15) is 11.4 Å². The Morgan fingerprint density at radius 2 is 1.94 bits per heavy atom. The van der Waals surface area contributed by atoms with E-state index in [1.54, 1.807) is 12.1 Å². The SMILES string of the molecule is COc1ccc([N+](=O)[O-])c(NC(=O)COC(=O)[C@@H]2CC(=O)N(c3ccc(C)cc3)C2)c1. The van der Waals surface area contributed by atoms with Gasteiger partial charge in [0.15, 0.2) is 6.61 Å². The number of nitro benzene ring substituents is 1. The van der Waals surface area contributed by atoms with Crippen LogP contribution in [-0.4, -0.2) is 43.0 Å². The van der Waals surface area contributed by atoms with Crippen LogP contribution in [0.3, 0.4) is 0 Å². The standard InChI is InChI=1S/C21H21N3O7/c1-13-3-5-15(6-4-13)23-11-14(9-20(23)26)21(27)31-12-19(25)22-17-10-16(30-2)7-8-18(17)24(28)29/h3-8,10,14H,9,11-12H2,1-2H3,(H,22,25)/t14-/m1/s1. The summed E-state index contributed by atoms with van der Waals surface area (Å²) in [5.41, 5.74) is 1.34. The number of nitro groups is 1. The summed E-state index contributed by atoms with van der Waals surface area (Å²) in [6.45, 7) is 1.45. The van der Waals surface area contributed by atoms with Crippen molar-refractivity contribution in [1.29, 1.82) is 0 Å². The maximum atomic E-state index is 12.3. The zero-order valence-corrected chi connectivity index (χ0v) is 17.0. The fourth-order valence-corrected chi connectivity index (χ4v) is 3.18. The molecule has 1 N–H and O–H groups in total. The van der Waals surface area contributed by atoms with Gasteiger partial charge in [0.05, 0.1) is 18.0 Å². The summed E-state index contributed by atoms with van der Waals surface area (Å²) in [7, 11) is 1.39. The quantitative estimate of drug-likeness (QED) is 0.408. The molecule has 1 heterocycles.